The van der Waals surface area contributed by atoms with Crippen LogP contribution in [0.3, 0.4) is 0 Å². The molecular weight excluding hydrogens is 320 g/mol. The van der Waals surface area contributed by atoms with Crippen LogP contribution >= 0.6 is 0 Å². The van der Waals surface area contributed by atoms with E-state index in [0.29, 0.717) is 12.5 Å². The van der Waals surface area contributed by atoms with Crippen LogP contribution in [0.2, 0.25) is 0 Å². The van der Waals surface area contributed by atoms with E-state index in [0.717, 1.165) is 25.9 Å². The molecule has 1 atom stereocenters. The number of hydrogen-bond donors (Lipinski definition) is 3. The van der Waals surface area contributed by atoms with Gasteiger partial charge in [-0.25, -0.2) is 4.79 Å². The third kappa shape index (κ3) is 6.82. The Kier molecular flexibility index (Phi) is 7.96. The molecule has 2 aliphatic rings. The lowest BCUT2D eigenvalue weighted by molar-refractivity contribution is -0.139. The predicted octanol–water partition coefficient (Wildman–Crippen LogP) is 1.35. The van der Waals surface area contributed by atoms with Crippen LogP contribution < -0.4 is 10.6 Å². The standard InChI is InChI=1S/C18H34N4O3/c1-3-22(13-17(23)24)16-9-15(10-16)20-18(25)19-11-14(2)12-21-7-5-4-6-8-21/h14-16H,3-13H2,1-2H3,(H,23,24)(H2,19,20,25). The van der Waals surface area contributed by atoms with E-state index in [1.807, 2.05) is 11.8 Å². The molecule has 0 radical (unpaired) electrons. The highest BCUT2D eigenvalue weighted by Gasteiger charge is 2.34. The van der Waals surface area contributed by atoms with Gasteiger partial charge in [-0.3, -0.25) is 9.69 Å². The number of amides is 2. The molecule has 0 spiro atoms. The van der Waals surface area contributed by atoms with E-state index in [9.17, 15) is 9.59 Å². The number of carbonyl (C=O) groups excluding carboxylic acids is 1. The Labute approximate surface area is 151 Å². The lowest BCUT2D eigenvalue weighted by atomic mass is 9.85. The van der Waals surface area contributed by atoms with Gasteiger partial charge in [-0.05, 0) is 51.2 Å². The number of nitrogens with zero attached hydrogens (tertiary/aromatic N) is 2. The van der Waals surface area contributed by atoms with E-state index in [1.54, 1.807) is 0 Å². The highest BCUT2D eigenvalue weighted by Crippen LogP contribution is 2.25. The van der Waals surface area contributed by atoms with Gasteiger partial charge in [0.25, 0.3) is 0 Å². The Morgan fingerprint density at radius 3 is 2.52 bits per heavy atom. The molecule has 1 saturated heterocycles. The van der Waals surface area contributed by atoms with Gasteiger partial charge in [0.1, 0.15) is 0 Å². The molecule has 1 aliphatic carbocycles. The van der Waals surface area contributed by atoms with Crippen molar-refractivity contribution >= 4 is 12.0 Å². The van der Waals surface area contributed by atoms with E-state index in [-0.39, 0.29) is 24.7 Å². The summed E-state index contributed by atoms with van der Waals surface area (Å²) in [5, 5.41) is 14.9. The molecule has 2 rings (SSSR count). The summed E-state index contributed by atoms with van der Waals surface area (Å²) >= 11 is 0. The molecule has 25 heavy (non-hydrogen) atoms. The van der Waals surface area contributed by atoms with Gasteiger partial charge in [-0.2, -0.15) is 0 Å². The Balaban J connectivity index is 1.57. The highest BCUT2D eigenvalue weighted by atomic mass is 16.4. The number of likely N-dealkylation sites (tertiary alicyclic amines) is 1. The summed E-state index contributed by atoms with van der Waals surface area (Å²) in [4.78, 5) is 27.3. The van der Waals surface area contributed by atoms with Crippen molar-refractivity contribution in [1.29, 1.82) is 0 Å². The minimum Gasteiger partial charge on any atom is -0.480 e. The maximum Gasteiger partial charge on any atom is 0.317 e. The molecule has 7 nitrogen and oxygen atoms in total. The van der Waals surface area contributed by atoms with E-state index in [1.165, 1.54) is 32.4 Å². The maximum atomic E-state index is 12.0. The molecule has 1 aliphatic heterocycles. The number of hydrogen-bond acceptors (Lipinski definition) is 4. The molecule has 2 fully saturated rings. The van der Waals surface area contributed by atoms with Gasteiger partial charge in [-0.1, -0.05) is 20.3 Å². The van der Waals surface area contributed by atoms with E-state index in [2.05, 4.69) is 22.5 Å². The van der Waals surface area contributed by atoms with Gasteiger partial charge in [0.2, 0.25) is 0 Å². The number of urea groups is 1. The zero-order valence-electron chi connectivity index (χ0n) is 15.7. The topological polar surface area (TPSA) is 84.9 Å². The molecule has 0 aromatic heterocycles. The summed E-state index contributed by atoms with van der Waals surface area (Å²) in [5.74, 6) is -0.345. The van der Waals surface area contributed by atoms with Crippen molar-refractivity contribution in [3.63, 3.8) is 0 Å². The van der Waals surface area contributed by atoms with E-state index in [4.69, 9.17) is 5.11 Å². The Morgan fingerprint density at radius 1 is 1.24 bits per heavy atom. The van der Waals surface area contributed by atoms with Crippen LogP contribution in [-0.2, 0) is 4.79 Å². The van der Waals surface area contributed by atoms with Crippen LogP contribution in [0.25, 0.3) is 0 Å². The minimum absolute atomic E-state index is 0.0775. The fourth-order valence-corrected chi connectivity index (χ4v) is 3.83. The van der Waals surface area contributed by atoms with Crippen molar-refractivity contribution in [1.82, 2.24) is 20.4 Å². The van der Waals surface area contributed by atoms with E-state index < -0.39 is 5.97 Å². The molecule has 2 amide bonds. The molecule has 144 valence electrons. The molecule has 1 heterocycles. The molecule has 0 aromatic carbocycles. The summed E-state index contributed by atoms with van der Waals surface area (Å²) < 4.78 is 0. The van der Waals surface area contributed by atoms with Gasteiger partial charge in [0.15, 0.2) is 0 Å². The van der Waals surface area contributed by atoms with Gasteiger partial charge < -0.3 is 20.6 Å². The summed E-state index contributed by atoms with van der Waals surface area (Å²) in [5.41, 5.74) is 0. The van der Waals surface area contributed by atoms with Crippen molar-refractivity contribution in [3.05, 3.63) is 0 Å². The fourth-order valence-electron chi connectivity index (χ4n) is 3.83. The average Bonchev–Trinajstić information content (AvgIpc) is 2.55. The first kappa shape index (κ1) is 20.0. The van der Waals surface area contributed by atoms with Crippen molar-refractivity contribution < 1.29 is 14.7 Å². The molecule has 7 heteroatoms. The molecule has 0 bridgehead atoms. The SMILES string of the molecule is CCN(CC(=O)O)C1CC(NC(=O)NCC(C)CN2CCCCC2)C1. The lowest BCUT2D eigenvalue weighted by Gasteiger charge is -2.42. The van der Waals surface area contributed by atoms with Crippen LogP contribution in [0.4, 0.5) is 4.79 Å². The Morgan fingerprint density at radius 2 is 1.92 bits per heavy atom. The zero-order valence-corrected chi connectivity index (χ0v) is 15.7. The lowest BCUT2D eigenvalue weighted by Crippen LogP contribution is -2.56. The van der Waals surface area contributed by atoms with E-state index >= 15 is 0 Å². The third-order valence-electron chi connectivity index (χ3n) is 5.34. The van der Waals surface area contributed by atoms with Crippen LogP contribution in [-0.4, -0.2) is 78.3 Å². The molecule has 1 saturated carbocycles. The normalized spacial score (nSPS) is 25.2. The monoisotopic (exact) mass is 354 g/mol. The van der Waals surface area contributed by atoms with Crippen LogP contribution in [0.5, 0.6) is 0 Å². The van der Waals surface area contributed by atoms with Crippen molar-refractivity contribution in [3.8, 4) is 0 Å². The summed E-state index contributed by atoms with van der Waals surface area (Å²) in [7, 11) is 0. The number of carboxylic acids is 1. The first-order valence-corrected chi connectivity index (χ1v) is 9.70. The van der Waals surface area contributed by atoms with Gasteiger partial charge in [0.05, 0.1) is 6.54 Å². The molecular formula is C18H34N4O3. The number of carbonyl (C=O) groups is 2. The first-order chi connectivity index (χ1) is 12.0. The summed E-state index contributed by atoms with van der Waals surface area (Å²) in [6.07, 6.45) is 5.59. The van der Waals surface area contributed by atoms with Crippen molar-refractivity contribution in [2.45, 2.75) is 58.0 Å². The quantitative estimate of drug-likeness (QED) is 0.582. The molecule has 3 N–H and O–H groups in total. The summed E-state index contributed by atoms with van der Waals surface area (Å²) in [6, 6.07) is 0.324. The minimum atomic E-state index is -0.793. The first-order valence-electron chi connectivity index (χ1n) is 9.70. The largest absolute Gasteiger partial charge is 0.480 e. The number of piperidine rings is 1. The van der Waals surface area contributed by atoms with Gasteiger partial charge >= 0.3 is 12.0 Å². The van der Waals surface area contributed by atoms with Gasteiger partial charge in [-0.15, -0.1) is 0 Å². The second-order valence-electron chi connectivity index (χ2n) is 7.60. The van der Waals surface area contributed by atoms with Crippen molar-refractivity contribution in [2.24, 2.45) is 5.92 Å². The third-order valence-corrected chi connectivity index (χ3v) is 5.34. The van der Waals surface area contributed by atoms with Gasteiger partial charge in [0, 0.05) is 25.2 Å². The average molecular weight is 354 g/mol. The van der Waals surface area contributed by atoms with Crippen LogP contribution in [0.15, 0.2) is 0 Å². The fraction of sp³-hybridized carbons (Fsp3) is 0.889. The smallest absolute Gasteiger partial charge is 0.317 e. The molecule has 1 unspecified atom stereocenters. The highest BCUT2D eigenvalue weighted by molar-refractivity contribution is 5.74. The molecule has 0 aromatic rings. The van der Waals surface area contributed by atoms with Crippen molar-refractivity contribution in [2.75, 3.05) is 39.3 Å². The Hall–Kier alpha value is -1.34. The Bertz CT molecular complexity index is 434. The second kappa shape index (κ2) is 9.97. The number of carboxylic acid groups (broad SMARTS) is 1. The number of nitrogens with one attached hydrogen (secondary N) is 2. The summed E-state index contributed by atoms with van der Waals surface area (Å²) in [6.45, 7) is 9.07. The predicted molar refractivity (Wildman–Crippen MR) is 97.7 cm³/mol. The second-order valence-corrected chi connectivity index (χ2v) is 7.60. The number of aliphatic carboxylic acids is 1. The van der Waals surface area contributed by atoms with Crippen LogP contribution in [0.1, 0.15) is 46.0 Å². The number of rotatable bonds is 9. The zero-order chi connectivity index (χ0) is 18.2. The maximum absolute atomic E-state index is 12.0. The number of likely N-dealkylation sites (N-methyl/N-ethyl adjacent to an activating group) is 1. The van der Waals surface area contributed by atoms with Crippen LogP contribution in [0, 0.1) is 5.92 Å².